The molecule has 164 valence electrons. The quantitative estimate of drug-likeness (QED) is 0.750. The number of aromatic nitrogens is 1. The summed E-state index contributed by atoms with van der Waals surface area (Å²) in [5.74, 6) is 0.988. The zero-order chi connectivity index (χ0) is 21.4. The van der Waals surface area contributed by atoms with Gasteiger partial charge in [0.15, 0.2) is 0 Å². The molecule has 4 heterocycles. The van der Waals surface area contributed by atoms with Crippen molar-refractivity contribution in [3.63, 3.8) is 0 Å². The number of rotatable bonds is 3. The first-order valence-corrected chi connectivity index (χ1v) is 12.2. The maximum Gasteiger partial charge on any atom is 0.129 e. The second-order valence-corrected chi connectivity index (χ2v) is 10.9. The molecule has 2 aromatic rings. The van der Waals surface area contributed by atoms with E-state index in [0.29, 0.717) is 11.9 Å². The number of likely N-dealkylation sites (tertiary alicyclic amines) is 1. The molecule has 3 aliphatic heterocycles. The van der Waals surface area contributed by atoms with Crippen LogP contribution in [0.4, 0.5) is 0 Å². The summed E-state index contributed by atoms with van der Waals surface area (Å²) in [6.45, 7) is 10.9. The molecule has 6 heteroatoms. The van der Waals surface area contributed by atoms with Crippen molar-refractivity contribution >= 4 is 17.5 Å². The molecule has 0 saturated carbocycles. The number of thioether (sulfide) groups is 1. The van der Waals surface area contributed by atoms with Gasteiger partial charge < -0.3 is 15.0 Å². The highest BCUT2D eigenvalue weighted by Crippen LogP contribution is 2.40. The number of pyridine rings is 1. The summed E-state index contributed by atoms with van der Waals surface area (Å²) in [5.41, 5.74) is 3.55. The maximum absolute atomic E-state index is 6.08. The largest absolute Gasteiger partial charge is 0.491 e. The second-order valence-electron chi connectivity index (χ2n) is 9.57. The Morgan fingerprint density at radius 1 is 1.10 bits per heavy atom. The van der Waals surface area contributed by atoms with E-state index in [-0.39, 0.29) is 11.7 Å². The Labute approximate surface area is 189 Å². The fourth-order valence-electron chi connectivity index (χ4n) is 4.66. The van der Waals surface area contributed by atoms with E-state index < -0.39 is 0 Å². The average Bonchev–Trinajstić information content (AvgIpc) is 3.12. The summed E-state index contributed by atoms with van der Waals surface area (Å²) >= 11 is 2.03. The van der Waals surface area contributed by atoms with Crippen molar-refractivity contribution in [1.29, 1.82) is 0 Å². The van der Waals surface area contributed by atoms with Crippen LogP contribution in [-0.4, -0.2) is 51.8 Å². The summed E-state index contributed by atoms with van der Waals surface area (Å²) in [7, 11) is 0. The Kier molecular flexibility index (Phi) is 5.61. The molecule has 0 bridgehead atoms. The number of nitrogens with one attached hydrogen (secondary N) is 1. The normalized spacial score (nSPS) is 22.1. The van der Waals surface area contributed by atoms with Crippen molar-refractivity contribution in [3.05, 3.63) is 60.1 Å². The van der Waals surface area contributed by atoms with Crippen molar-refractivity contribution in [2.75, 3.05) is 26.2 Å². The van der Waals surface area contributed by atoms with Crippen molar-refractivity contribution in [3.8, 4) is 5.75 Å². The van der Waals surface area contributed by atoms with Crippen LogP contribution in [-0.2, 0) is 0 Å². The molecule has 5 nitrogen and oxygen atoms in total. The Balaban J connectivity index is 1.31. The summed E-state index contributed by atoms with van der Waals surface area (Å²) in [6, 6.07) is 12.8. The third-order valence-electron chi connectivity index (χ3n) is 6.44. The van der Waals surface area contributed by atoms with E-state index in [1.807, 2.05) is 30.1 Å². The van der Waals surface area contributed by atoms with Crippen molar-refractivity contribution in [1.82, 2.24) is 20.1 Å². The number of hydrogen-bond donors (Lipinski definition) is 1. The van der Waals surface area contributed by atoms with Crippen LogP contribution < -0.4 is 10.1 Å². The summed E-state index contributed by atoms with van der Waals surface area (Å²) in [4.78, 5) is 10.8. The molecule has 1 fully saturated rings. The number of nitrogens with zero attached hydrogens (tertiary/aromatic N) is 3. The van der Waals surface area contributed by atoms with Crippen molar-refractivity contribution in [2.45, 2.75) is 55.5 Å². The smallest absolute Gasteiger partial charge is 0.129 e. The molecule has 0 spiro atoms. The van der Waals surface area contributed by atoms with Gasteiger partial charge >= 0.3 is 0 Å². The highest BCUT2D eigenvalue weighted by atomic mass is 32.2. The lowest BCUT2D eigenvalue weighted by Crippen LogP contribution is -2.46. The first-order chi connectivity index (χ1) is 15.0. The van der Waals surface area contributed by atoms with E-state index in [2.05, 4.69) is 71.3 Å². The standard InChI is InChI=1S/C25H32N4OS/c1-25(2,3)29-12-9-18(10-13-29)31-19-7-8-23-20(16-19)24-27-22(17-28(24)14-15-30-23)21-6-4-5-11-26-21/h4-8,11,16-18,24,27H,9-10,12-15H2,1-3H3. The molecule has 0 radical (unpaired) electrons. The zero-order valence-corrected chi connectivity index (χ0v) is 19.5. The van der Waals surface area contributed by atoms with Crippen LogP contribution in [0.1, 0.15) is 51.0 Å². The number of hydrogen-bond acceptors (Lipinski definition) is 6. The van der Waals surface area contributed by atoms with Gasteiger partial charge in [-0.15, -0.1) is 11.8 Å². The average molecular weight is 437 g/mol. The van der Waals surface area contributed by atoms with E-state index in [9.17, 15) is 0 Å². The van der Waals surface area contributed by atoms with Crippen molar-refractivity contribution < 1.29 is 4.74 Å². The third-order valence-corrected chi connectivity index (χ3v) is 7.77. The molecule has 1 aromatic heterocycles. The van der Waals surface area contributed by atoms with Gasteiger partial charge in [-0.1, -0.05) is 6.07 Å². The van der Waals surface area contributed by atoms with E-state index in [1.165, 1.54) is 36.4 Å². The minimum Gasteiger partial charge on any atom is -0.491 e. The van der Waals surface area contributed by atoms with E-state index in [1.54, 1.807) is 0 Å². The van der Waals surface area contributed by atoms with Gasteiger partial charge in [0.2, 0.25) is 0 Å². The fourth-order valence-corrected chi connectivity index (χ4v) is 5.84. The Hall–Kier alpha value is -2.18. The van der Waals surface area contributed by atoms with Crippen LogP contribution in [0.2, 0.25) is 0 Å². The molecule has 1 N–H and O–H groups in total. The molecular formula is C25H32N4OS. The van der Waals surface area contributed by atoms with E-state index >= 15 is 0 Å². The summed E-state index contributed by atoms with van der Waals surface area (Å²) in [5, 5.41) is 4.37. The molecule has 1 saturated heterocycles. The first-order valence-electron chi connectivity index (χ1n) is 11.3. The molecule has 0 aliphatic carbocycles. The monoisotopic (exact) mass is 436 g/mol. The molecule has 1 aromatic carbocycles. The molecular weight excluding hydrogens is 404 g/mol. The Bertz CT molecular complexity index is 948. The van der Waals surface area contributed by atoms with Crippen LogP contribution in [0.25, 0.3) is 5.70 Å². The van der Waals surface area contributed by atoms with Gasteiger partial charge in [0.25, 0.3) is 0 Å². The van der Waals surface area contributed by atoms with Crippen LogP contribution in [0.5, 0.6) is 5.75 Å². The number of benzene rings is 1. The molecule has 31 heavy (non-hydrogen) atoms. The minimum atomic E-state index is 0.0952. The van der Waals surface area contributed by atoms with Gasteiger partial charge in [0.1, 0.15) is 18.5 Å². The van der Waals surface area contributed by atoms with Gasteiger partial charge in [-0.25, -0.2) is 0 Å². The van der Waals surface area contributed by atoms with Gasteiger partial charge in [0.05, 0.1) is 17.9 Å². The number of fused-ring (bicyclic) bond motifs is 3. The highest BCUT2D eigenvalue weighted by Gasteiger charge is 2.32. The second kappa shape index (κ2) is 8.40. The Morgan fingerprint density at radius 2 is 1.94 bits per heavy atom. The van der Waals surface area contributed by atoms with Crippen molar-refractivity contribution in [2.24, 2.45) is 0 Å². The van der Waals surface area contributed by atoms with Crippen LogP contribution in [0, 0.1) is 0 Å². The predicted molar refractivity (Wildman–Crippen MR) is 127 cm³/mol. The van der Waals surface area contributed by atoms with Gasteiger partial charge in [0, 0.05) is 33.6 Å². The fraction of sp³-hybridized carbons (Fsp3) is 0.480. The van der Waals surface area contributed by atoms with Crippen LogP contribution in [0.3, 0.4) is 0 Å². The Morgan fingerprint density at radius 3 is 2.68 bits per heavy atom. The number of ether oxygens (including phenoxy) is 1. The molecule has 1 atom stereocenters. The first kappa shape index (κ1) is 20.7. The molecule has 3 aliphatic rings. The van der Waals surface area contributed by atoms with Gasteiger partial charge in [-0.2, -0.15) is 0 Å². The van der Waals surface area contributed by atoms with Crippen LogP contribution >= 0.6 is 11.8 Å². The van der Waals surface area contributed by atoms with Crippen LogP contribution in [0.15, 0.2) is 53.7 Å². The summed E-state index contributed by atoms with van der Waals surface area (Å²) in [6.07, 6.45) is 6.62. The lowest BCUT2D eigenvalue weighted by Gasteiger charge is -2.40. The topological polar surface area (TPSA) is 40.6 Å². The van der Waals surface area contributed by atoms with Gasteiger partial charge in [-0.05, 0) is 77.0 Å². The predicted octanol–water partition coefficient (Wildman–Crippen LogP) is 4.73. The highest BCUT2D eigenvalue weighted by molar-refractivity contribution is 8.00. The lowest BCUT2D eigenvalue weighted by molar-refractivity contribution is 0.113. The minimum absolute atomic E-state index is 0.0952. The van der Waals surface area contributed by atoms with E-state index in [0.717, 1.165) is 23.7 Å². The molecule has 1 unspecified atom stereocenters. The summed E-state index contributed by atoms with van der Waals surface area (Å²) < 4.78 is 6.08. The third kappa shape index (κ3) is 4.41. The maximum atomic E-state index is 6.08. The van der Waals surface area contributed by atoms with E-state index in [4.69, 9.17) is 4.74 Å². The number of piperidine rings is 1. The molecule has 0 amide bonds. The molecule has 5 rings (SSSR count). The lowest BCUT2D eigenvalue weighted by atomic mass is 10.0. The van der Waals surface area contributed by atoms with Gasteiger partial charge in [-0.3, -0.25) is 9.88 Å². The zero-order valence-electron chi connectivity index (χ0n) is 18.7. The SMILES string of the molecule is CC(C)(C)N1CCC(Sc2ccc3c(c2)C2NC(c4ccccn4)=CN2CCO3)CC1.